The summed E-state index contributed by atoms with van der Waals surface area (Å²) in [6, 6.07) is 16.3. The van der Waals surface area contributed by atoms with Crippen LogP contribution in [0.15, 0.2) is 64.8 Å². The molecule has 33 heavy (non-hydrogen) atoms. The molecule has 0 saturated carbocycles. The molecule has 1 unspecified atom stereocenters. The summed E-state index contributed by atoms with van der Waals surface area (Å²) in [5, 5.41) is 4.81. The maximum absolute atomic E-state index is 13.9. The second-order valence-corrected chi connectivity index (χ2v) is 9.06. The van der Waals surface area contributed by atoms with Crippen molar-refractivity contribution in [2.45, 2.75) is 19.4 Å². The number of fused-ring (bicyclic) bond motifs is 1. The predicted octanol–water partition coefficient (Wildman–Crippen LogP) is 4.32. The summed E-state index contributed by atoms with van der Waals surface area (Å²) in [5.74, 6) is -0.229. The molecule has 2 aromatic carbocycles. The molecule has 168 valence electrons. The van der Waals surface area contributed by atoms with Gasteiger partial charge in [0.05, 0.1) is 11.4 Å². The van der Waals surface area contributed by atoms with E-state index in [1.54, 1.807) is 18.2 Å². The fraction of sp³-hybridized carbons (Fsp3) is 0.240. The molecule has 0 bridgehead atoms. The molecule has 5 rings (SSSR count). The molecule has 1 aliphatic heterocycles. The Morgan fingerprint density at radius 3 is 2.79 bits per heavy atom. The zero-order valence-corrected chi connectivity index (χ0v) is 18.7. The summed E-state index contributed by atoms with van der Waals surface area (Å²) in [4.78, 5) is 35.2. The Bertz CT molecular complexity index is 1350. The van der Waals surface area contributed by atoms with Gasteiger partial charge in [-0.2, -0.15) is 0 Å². The highest BCUT2D eigenvalue weighted by Crippen LogP contribution is 2.32. The molecular weight excluding hydrogens is 439 g/mol. The summed E-state index contributed by atoms with van der Waals surface area (Å²) in [6.07, 6.45) is 1.54. The lowest BCUT2D eigenvalue weighted by molar-refractivity contribution is -0.125. The first-order valence-electron chi connectivity index (χ1n) is 10.9. The number of hydrogen-bond acceptors (Lipinski definition) is 5. The van der Waals surface area contributed by atoms with Crippen LogP contribution in [0.1, 0.15) is 18.4 Å². The lowest BCUT2D eigenvalue weighted by atomic mass is 9.97. The van der Waals surface area contributed by atoms with Gasteiger partial charge >= 0.3 is 0 Å². The molecule has 1 saturated heterocycles. The van der Waals surface area contributed by atoms with Crippen LogP contribution in [0.5, 0.6) is 0 Å². The number of hydrogen-bond donors (Lipinski definition) is 2. The molecule has 2 aromatic heterocycles. The van der Waals surface area contributed by atoms with Crippen LogP contribution >= 0.6 is 11.3 Å². The molecule has 4 aromatic rings. The average Bonchev–Trinajstić information content (AvgIpc) is 3.29. The zero-order valence-electron chi connectivity index (χ0n) is 17.9. The number of aromatic nitrogens is 2. The SMILES string of the molecule is O=C(NCc1ccccc1F)C1CCCN(c2nc3c(-c4ccccc4)csc3c(=O)[nH]2)C1. The first-order valence-corrected chi connectivity index (χ1v) is 11.8. The van der Waals surface area contributed by atoms with Crippen LogP contribution in [0.4, 0.5) is 10.3 Å². The van der Waals surface area contributed by atoms with E-state index in [9.17, 15) is 14.0 Å². The van der Waals surface area contributed by atoms with E-state index in [4.69, 9.17) is 4.98 Å². The molecule has 3 heterocycles. The Morgan fingerprint density at radius 1 is 1.18 bits per heavy atom. The number of benzene rings is 2. The molecule has 1 fully saturated rings. The molecule has 8 heteroatoms. The number of rotatable bonds is 5. The van der Waals surface area contributed by atoms with Gasteiger partial charge in [0.1, 0.15) is 10.5 Å². The Kier molecular flexibility index (Phi) is 5.92. The van der Waals surface area contributed by atoms with Gasteiger partial charge in [0.2, 0.25) is 11.9 Å². The number of amides is 1. The van der Waals surface area contributed by atoms with Crippen molar-refractivity contribution in [1.29, 1.82) is 0 Å². The van der Waals surface area contributed by atoms with Crippen molar-refractivity contribution in [2.24, 2.45) is 5.92 Å². The first kappa shape index (κ1) is 21.3. The summed E-state index contributed by atoms with van der Waals surface area (Å²) in [7, 11) is 0. The Labute approximate surface area is 194 Å². The maximum Gasteiger partial charge on any atom is 0.270 e. The molecule has 0 aliphatic carbocycles. The molecule has 1 amide bonds. The van der Waals surface area contributed by atoms with Gasteiger partial charge < -0.3 is 10.2 Å². The van der Waals surface area contributed by atoms with Crippen LogP contribution < -0.4 is 15.8 Å². The van der Waals surface area contributed by atoms with Gasteiger partial charge in [0, 0.05) is 36.1 Å². The Hall–Kier alpha value is -3.52. The van der Waals surface area contributed by atoms with Gasteiger partial charge in [-0.1, -0.05) is 48.5 Å². The van der Waals surface area contributed by atoms with Crippen LogP contribution in [-0.4, -0.2) is 29.0 Å². The number of H-pyrrole nitrogens is 1. The van der Waals surface area contributed by atoms with Gasteiger partial charge in [-0.05, 0) is 24.5 Å². The fourth-order valence-corrected chi connectivity index (χ4v) is 5.15. The van der Waals surface area contributed by atoms with Gasteiger partial charge in [-0.25, -0.2) is 9.37 Å². The van der Waals surface area contributed by atoms with Gasteiger partial charge in [0.15, 0.2) is 0 Å². The fourth-order valence-electron chi connectivity index (χ4n) is 4.24. The zero-order chi connectivity index (χ0) is 22.8. The minimum absolute atomic E-state index is 0.119. The smallest absolute Gasteiger partial charge is 0.270 e. The van der Waals surface area contributed by atoms with Gasteiger partial charge in [-0.3, -0.25) is 14.6 Å². The summed E-state index contributed by atoms with van der Waals surface area (Å²) in [5.41, 5.74) is 2.90. The number of carbonyl (C=O) groups is 1. The summed E-state index contributed by atoms with van der Waals surface area (Å²) >= 11 is 1.38. The van der Waals surface area contributed by atoms with Crippen LogP contribution in [0.2, 0.25) is 0 Å². The van der Waals surface area contributed by atoms with E-state index < -0.39 is 0 Å². The van der Waals surface area contributed by atoms with Crippen LogP contribution in [0.25, 0.3) is 21.3 Å². The monoisotopic (exact) mass is 462 g/mol. The third-order valence-electron chi connectivity index (χ3n) is 6.00. The Balaban J connectivity index is 1.36. The van der Waals surface area contributed by atoms with Crippen LogP contribution in [0.3, 0.4) is 0 Å². The van der Waals surface area contributed by atoms with Crippen molar-refractivity contribution < 1.29 is 9.18 Å². The minimum Gasteiger partial charge on any atom is -0.352 e. The molecule has 1 atom stereocenters. The molecular formula is C25H23FN4O2S. The average molecular weight is 463 g/mol. The van der Waals surface area contributed by atoms with E-state index in [2.05, 4.69) is 10.3 Å². The predicted molar refractivity (Wildman–Crippen MR) is 129 cm³/mol. The number of aromatic amines is 1. The summed E-state index contributed by atoms with van der Waals surface area (Å²) < 4.78 is 14.5. The van der Waals surface area contributed by atoms with E-state index in [-0.39, 0.29) is 29.7 Å². The number of nitrogens with zero attached hydrogens (tertiary/aromatic N) is 2. The quantitative estimate of drug-likeness (QED) is 0.463. The van der Waals surface area contributed by atoms with E-state index in [0.29, 0.717) is 34.8 Å². The Morgan fingerprint density at radius 2 is 1.97 bits per heavy atom. The van der Waals surface area contributed by atoms with Crippen molar-refractivity contribution in [3.63, 3.8) is 0 Å². The second kappa shape index (κ2) is 9.15. The lowest BCUT2D eigenvalue weighted by Crippen LogP contribution is -2.44. The van der Waals surface area contributed by atoms with E-state index >= 15 is 0 Å². The number of nitrogens with one attached hydrogen (secondary N) is 2. The highest BCUT2D eigenvalue weighted by Gasteiger charge is 2.27. The molecule has 0 spiro atoms. The van der Waals surface area contributed by atoms with E-state index in [1.165, 1.54) is 17.4 Å². The standard InChI is InChI=1S/C25H23FN4O2S/c26-20-11-5-4-9-17(20)13-27-23(31)18-10-6-12-30(14-18)25-28-21-19(16-7-2-1-3-8-16)15-33-22(21)24(32)29-25/h1-5,7-9,11,15,18H,6,10,12-14H2,(H,27,31)(H,28,29,32). The normalized spacial score (nSPS) is 16.2. The first-order chi connectivity index (χ1) is 16.1. The van der Waals surface area contributed by atoms with Crippen molar-refractivity contribution in [3.05, 3.63) is 81.7 Å². The highest BCUT2D eigenvalue weighted by molar-refractivity contribution is 7.17. The van der Waals surface area contributed by atoms with Crippen LogP contribution in [0, 0.1) is 11.7 Å². The van der Waals surface area contributed by atoms with Gasteiger partial charge in [-0.15, -0.1) is 11.3 Å². The van der Waals surface area contributed by atoms with Crippen molar-refractivity contribution >= 4 is 33.4 Å². The second-order valence-electron chi connectivity index (χ2n) is 8.18. The number of halogens is 1. The third-order valence-corrected chi connectivity index (χ3v) is 6.97. The summed E-state index contributed by atoms with van der Waals surface area (Å²) in [6.45, 7) is 1.30. The van der Waals surface area contributed by atoms with E-state index in [0.717, 1.165) is 24.0 Å². The number of piperidine rings is 1. The molecule has 6 nitrogen and oxygen atoms in total. The molecule has 2 N–H and O–H groups in total. The number of anilines is 1. The van der Waals surface area contributed by atoms with E-state index in [1.807, 2.05) is 40.6 Å². The molecule has 1 aliphatic rings. The van der Waals surface area contributed by atoms with Crippen molar-refractivity contribution in [3.8, 4) is 11.1 Å². The third kappa shape index (κ3) is 4.39. The lowest BCUT2D eigenvalue weighted by Gasteiger charge is -2.32. The molecule has 0 radical (unpaired) electrons. The largest absolute Gasteiger partial charge is 0.352 e. The van der Waals surface area contributed by atoms with Gasteiger partial charge in [0.25, 0.3) is 5.56 Å². The number of carbonyl (C=O) groups excluding carboxylic acids is 1. The number of thiophene rings is 1. The van der Waals surface area contributed by atoms with Crippen LogP contribution in [-0.2, 0) is 11.3 Å². The maximum atomic E-state index is 13.9. The minimum atomic E-state index is -0.330. The highest BCUT2D eigenvalue weighted by atomic mass is 32.1. The van der Waals surface area contributed by atoms with Crippen molar-refractivity contribution in [2.75, 3.05) is 18.0 Å². The topological polar surface area (TPSA) is 78.1 Å². The van der Waals surface area contributed by atoms with Crippen molar-refractivity contribution in [1.82, 2.24) is 15.3 Å².